The highest BCUT2D eigenvalue weighted by Crippen LogP contribution is 2.27. The first kappa shape index (κ1) is 83.3. The van der Waals surface area contributed by atoms with Crippen LogP contribution in [0.3, 0.4) is 0 Å². The number of allylic oxidation sites excluding steroid dienone is 4. The Hall–Kier alpha value is -6.71. The second-order valence-corrected chi connectivity index (χ2v) is 28.6. The van der Waals surface area contributed by atoms with Crippen LogP contribution in [0.2, 0.25) is 0 Å². The number of Topliss-reactive ketones (excluding diaryl/α,β-unsaturated/α-hetero) is 1. The normalized spacial score (nSPS) is 12.3. The summed E-state index contributed by atoms with van der Waals surface area (Å²) in [5, 5.41) is 15.7. The number of nitrogens with zero attached hydrogens (tertiary/aromatic N) is 10. The molecule has 7 aromatic rings. The fraction of sp³-hybridized carbons (Fsp3) is 0.645. The summed E-state index contributed by atoms with van der Waals surface area (Å²) in [7, 11) is 0. The summed E-state index contributed by atoms with van der Waals surface area (Å²) in [6, 6.07) is 8.43. The molecule has 0 spiro atoms. The van der Waals surface area contributed by atoms with Crippen molar-refractivity contribution < 1.29 is 27.1 Å². The third-order valence-electron chi connectivity index (χ3n) is 14.3. The fourth-order valence-electron chi connectivity index (χ4n) is 7.64. The summed E-state index contributed by atoms with van der Waals surface area (Å²) in [6.45, 7) is 67.3. The molecule has 0 aliphatic heterocycles. The Kier molecular flexibility index (Phi) is 37.8. The Labute approximate surface area is 556 Å². The molecule has 0 amide bonds. The molecule has 16 nitrogen and oxygen atoms in total. The van der Waals surface area contributed by atoms with Gasteiger partial charge in [0.05, 0.1) is 17.6 Å². The van der Waals surface area contributed by atoms with E-state index in [4.69, 9.17) is 22.3 Å². The Morgan fingerprint density at radius 1 is 0.380 bits per heavy atom. The fourth-order valence-corrected chi connectivity index (χ4v) is 7.64. The highest BCUT2D eigenvalue weighted by molar-refractivity contribution is 5.98. The van der Waals surface area contributed by atoms with E-state index in [0.717, 1.165) is 75.1 Å². The van der Waals surface area contributed by atoms with Crippen LogP contribution in [0.25, 0.3) is 0 Å². The first-order valence-corrected chi connectivity index (χ1v) is 34.1. The zero-order valence-corrected chi connectivity index (χ0v) is 63.1. The van der Waals surface area contributed by atoms with Gasteiger partial charge in [-0.3, -0.25) is 9.78 Å². The predicted molar refractivity (Wildman–Crippen MR) is 377 cm³/mol. The second kappa shape index (κ2) is 41.8. The van der Waals surface area contributed by atoms with Gasteiger partial charge in [-0.05, 0) is 82.3 Å². The van der Waals surface area contributed by atoms with Crippen LogP contribution in [0.1, 0.15) is 392 Å². The van der Waals surface area contributed by atoms with Gasteiger partial charge in [0.2, 0.25) is 17.7 Å². The molecule has 1 aliphatic rings. The van der Waals surface area contributed by atoms with Crippen molar-refractivity contribution in [1.82, 2.24) is 50.4 Å². The molecule has 0 saturated carbocycles. The van der Waals surface area contributed by atoms with Crippen LogP contribution in [0.15, 0.2) is 94.8 Å². The van der Waals surface area contributed by atoms with Crippen molar-refractivity contribution in [3.8, 4) is 0 Å². The van der Waals surface area contributed by atoms with E-state index in [9.17, 15) is 4.79 Å². The van der Waals surface area contributed by atoms with Crippen LogP contribution >= 0.6 is 0 Å². The number of hydrogen-bond donors (Lipinski definition) is 0. The quantitative estimate of drug-likeness (QED) is 0.0880. The van der Waals surface area contributed by atoms with Crippen LogP contribution in [0.4, 0.5) is 0 Å². The minimum absolute atomic E-state index is 0.291. The molecule has 0 bridgehead atoms. The number of carbonyl (C=O) groups excluding carboxylic acids is 1. The minimum Gasteiger partial charge on any atom is -0.448 e. The van der Waals surface area contributed by atoms with Gasteiger partial charge in [-0.15, -0.1) is 10.2 Å². The predicted octanol–water partition coefficient (Wildman–Crippen LogP) is 22.6. The van der Waals surface area contributed by atoms with Gasteiger partial charge >= 0.3 is 0 Å². The molecule has 0 radical (unpaired) electrons. The monoisotopic (exact) mass is 1270 g/mol. The standard InChI is InChI=1S/C12H18O.C11H17N.C10H16N2.3C9H15NO.2C8H14N2O/c1-8(2)10-5-6-12(13)11(7-10)9(3)4;1-8(2)10-5-6-12-11(7-10)9(3)4;1-7(2)9-5-10(8(3)4)12-6-11-9;1-6(2)8-5-11-9(10-8)7(3)4;1-6(2)8-5-10-9(11-8)7(3)4;1-6(2)8-5-9(7(3)4)11-10-8;1-5(2)7-9-10-8(11-7)6(3)4;1-5(2)7-9-8(6(3)4)11-10-7/h5,7-9H,6H2,1-4H3;5-9H,1-4H3;5-8H,1-4H3;3*5-7H,1-4H3;2*5-6H,1-4H3. The Morgan fingerprint density at radius 2 is 0.870 bits per heavy atom. The molecule has 16 heteroatoms. The Morgan fingerprint density at radius 3 is 1.20 bits per heavy atom. The highest BCUT2D eigenvalue weighted by atomic mass is 16.5. The summed E-state index contributed by atoms with van der Waals surface area (Å²) in [5.74, 6) is 13.9. The van der Waals surface area contributed by atoms with E-state index in [-0.39, 0.29) is 0 Å². The third-order valence-corrected chi connectivity index (χ3v) is 14.3. The van der Waals surface area contributed by atoms with Crippen LogP contribution < -0.4 is 0 Å². The van der Waals surface area contributed by atoms with Crippen LogP contribution in [-0.2, 0) is 4.79 Å². The lowest BCUT2D eigenvalue weighted by Gasteiger charge is -2.17. The first-order valence-electron chi connectivity index (χ1n) is 34.1. The number of carbonyl (C=O) groups is 1. The van der Waals surface area contributed by atoms with Crippen LogP contribution in [0.5, 0.6) is 0 Å². The Balaban J connectivity index is 0.000000526. The van der Waals surface area contributed by atoms with E-state index < -0.39 is 0 Å². The van der Waals surface area contributed by atoms with Gasteiger partial charge in [0.15, 0.2) is 23.4 Å². The zero-order valence-electron chi connectivity index (χ0n) is 63.1. The van der Waals surface area contributed by atoms with Crippen LogP contribution in [-0.4, -0.2) is 56.2 Å². The maximum absolute atomic E-state index is 11.5. The van der Waals surface area contributed by atoms with Crippen molar-refractivity contribution in [3.63, 3.8) is 0 Å². The van der Waals surface area contributed by atoms with E-state index >= 15 is 0 Å². The summed E-state index contributed by atoms with van der Waals surface area (Å²) in [5.41, 5.74) is 9.24. The molecule has 7 aromatic heterocycles. The van der Waals surface area contributed by atoms with Crippen molar-refractivity contribution in [3.05, 3.63) is 153 Å². The second-order valence-electron chi connectivity index (χ2n) is 28.6. The lowest BCUT2D eigenvalue weighted by Crippen LogP contribution is -2.12. The molecule has 0 aromatic carbocycles. The SMILES string of the molecule is CC(C)C1=CCC(=O)C(C(C)C)=C1.CC(C)c1cc(C(C)C)ncn1.CC(C)c1cc(C(C)C)on1.CC(C)c1ccnc(C(C)C)c1.CC(C)c1cnc(C(C)C)o1.CC(C)c1coc(C(C)C)n1.CC(C)c1nnc(C(C)C)o1.CC(C)c1noc(C(C)C)n1. The molecule has 0 N–H and O–H groups in total. The van der Waals surface area contributed by atoms with Gasteiger partial charge in [-0.2, -0.15) is 4.98 Å². The van der Waals surface area contributed by atoms with Crippen molar-refractivity contribution in [2.75, 3.05) is 0 Å². The lowest BCUT2D eigenvalue weighted by atomic mass is 9.87. The molecule has 7 heterocycles. The summed E-state index contributed by atoms with van der Waals surface area (Å²) in [4.78, 5) is 37.0. The zero-order chi connectivity index (χ0) is 70.4. The average Bonchev–Trinajstić information content (AvgIpc) is 2.23. The minimum atomic E-state index is 0.291. The van der Waals surface area contributed by atoms with E-state index in [1.54, 1.807) is 12.6 Å². The molecule has 0 saturated heterocycles. The van der Waals surface area contributed by atoms with Crippen molar-refractivity contribution in [1.29, 1.82) is 0 Å². The largest absolute Gasteiger partial charge is 0.448 e. The number of ketones is 1. The van der Waals surface area contributed by atoms with Crippen molar-refractivity contribution in [2.24, 2.45) is 11.8 Å². The number of pyridine rings is 1. The summed E-state index contributed by atoms with van der Waals surface area (Å²) < 4.78 is 26.3. The van der Waals surface area contributed by atoms with Gasteiger partial charge in [-0.1, -0.05) is 244 Å². The van der Waals surface area contributed by atoms with E-state index in [2.05, 4.69) is 261 Å². The molecular weight excluding hydrogens is 1150 g/mol. The van der Waals surface area contributed by atoms with E-state index in [1.165, 1.54) is 16.8 Å². The molecule has 0 atom stereocenters. The van der Waals surface area contributed by atoms with E-state index in [1.807, 2.05) is 60.0 Å². The van der Waals surface area contributed by atoms with Crippen molar-refractivity contribution in [2.45, 2.75) is 311 Å². The summed E-state index contributed by atoms with van der Waals surface area (Å²) >= 11 is 0. The molecule has 92 heavy (non-hydrogen) atoms. The molecule has 0 fully saturated rings. The molecule has 0 unspecified atom stereocenters. The molecular formula is C76H124N10O6. The molecule has 514 valence electrons. The maximum Gasteiger partial charge on any atom is 0.229 e. The molecule has 8 rings (SSSR count). The molecule has 1 aliphatic carbocycles. The van der Waals surface area contributed by atoms with Crippen molar-refractivity contribution >= 4 is 5.78 Å². The summed E-state index contributed by atoms with van der Waals surface area (Å²) in [6.07, 6.45) is 11.9. The van der Waals surface area contributed by atoms with Gasteiger partial charge in [0, 0.05) is 83.1 Å². The number of hydrogen-bond acceptors (Lipinski definition) is 16. The topological polar surface area (TPSA) is 212 Å². The van der Waals surface area contributed by atoms with Gasteiger partial charge in [0.1, 0.15) is 24.1 Å². The number of oxazole rings is 2. The number of rotatable bonds is 16. The van der Waals surface area contributed by atoms with Crippen LogP contribution in [0, 0.1) is 11.8 Å². The maximum atomic E-state index is 11.5. The lowest BCUT2D eigenvalue weighted by molar-refractivity contribution is -0.115. The van der Waals surface area contributed by atoms with Gasteiger partial charge in [0.25, 0.3) is 0 Å². The smallest absolute Gasteiger partial charge is 0.229 e. The van der Waals surface area contributed by atoms with E-state index in [0.29, 0.717) is 107 Å². The number of aromatic nitrogens is 10. The van der Waals surface area contributed by atoms with Gasteiger partial charge < -0.3 is 22.3 Å². The third kappa shape index (κ3) is 30.8. The Bertz CT molecular complexity index is 2660. The highest BCUT2D eigenvalue weighted by Gasteiger charge is 2.19. The van der Waals surface area contributed by atoms with Gasteiger partial charge in [-0.25, -0.2) is 19.9 Å². The average molecular weight is 1270 g/mol. The first-order chi connectivity index (χ1) is 42.8.